The highest BCUT2D eigenvalue weighted by molar-refractivity contribution is 8.00. The van der Waals surface area contributed by atoms with Gasteiger partial charge in [-0.3, -0.25) is 9.59 Å². The molecule has 2 heterocycles. The van der Waals surface area contributed by atoms with Crippen LogP contribution in [0.2, 0.25) is 0 Å². The fourth-order valence-corrected chi connectivity index (χ4v) is 2.08. The largest absolute Gasteiger partial charge is 0.481 e. The minimum atomic E-state index is -0.972. The van der Waals surface area contributed by atoms with Gasteiger partial charge in [0.05, 0.1) is 6.42 Å². The summed E-state index contributed by atoms with van der Waals surface area (Å²) in [6, 6.07) is 0. The van der Waals surface area contributed by atoms with E-state index in [0.29, 0.717) is 5.16 Å². The van der Waals surface area contributed by atoms with Gasteiger partial charge >= 0.3 is 5.97 Å². The Balaban J connectivity index is 0.000000861. The lowest BCUT2D eigenvalue weighted by Crippen LogP contribution is -2.29. The van der Waals surface area contributed by atoms with Gasteiger partial charge in [-0.1, -0.05) is 25.6 Å². The molecule has 0 amide bonds. The van der Waals surface area contributed by atoms with Crippen molar-refractivity contribution >= 4 is 23.9 Å². The van der Waals surface area contributed by atoms with E-state index in [-0.39, 0.29) is 23.8 Å². The molecule has 1 aliphatic rings. The molecular weight excluding hydrogens is 268 g/mol. The number of nitrogens with zero attached hydrogens (tertiary/aromatic N) is 4. The van der Waals surface area contributed by atoms with E-state index in [0.717, 1.165) is 4.68 Å². The number of fused-ring (bicyclic) bond motifs is 1. The predicted molar refractivity (Wildman–Crippen MR) is 72.8 cm³/mol. The third kappa shape index (κ3) is 3.88. The number of aryl methyl sites for hydroxylation is 1. The predicted octanol–water partition coefficient (Wildman–Crippen LogP) is 1.01. The molecule has 8 heteroatoms. The summed E-state index contributed by atoms with van der Waals surface area (Å²) in [6.45, 7) is 5.93. The summed E-state index contributed by atoms with van der Waals surface area (Å²) in [5, 5.41) is 20.7. The Hall–Kier alpha value is -1.70. The van der Waals surface area contributed by atoms with Gasteiger partial charge in [-0.05, 0) is 6.92 Å². The Kier molecular flexibility index (Phi) is 5.68. The number of carboxylic acids is 1. The Labute approximate surface area is 114 Å². The highest BCUT2D eigenvalue weighted by Gasteiger charge is 2.18. The topological polar surface area (TPSA) is 97.4 Å². The molecule has 19 heavy (non-hydrogen) atoms. The van der Waals surface area contributed by atoms with Gasteiger partial charge in [-0.15, -0.1) is 10.2 Å². The molecule has 1 aromatic rings. The first kappa shape index (κ1) is 15.4. The van der Waals surface area contributed by atoms with Crippen LogP contribution in [0.4, 0.5) is 0 Å². The highest BCUT2D eigenvalue weighted by atomic mass is 32.2. The molecule has 1 N–H and O–H groups in total. The van der Waals surface area contributed by atoms with Crippen molar-refractivity contribution in [2.45, 2.75) is 44.0 Å². The lowest BCUT2D eigenvalue weighted by molar-refractivity contribution is -0.136. The molecule has 7 nitrogen and oxygen atoms in total. The fraction of sp³-hybridized carbons (Fsp3) is 0.545. The van der Waals surface area contributed by atoms with Crippen molar-refractivity contribution < 1.29 is 9.90 Å². The Morgan fingerprint density at radius 3 is 2.79 bits per heavy atom. The first-order chi connectivity index (χ1) is 9.08. The van der Waals surface area contributed by atoms with Crippen LogP contribution in [0.5, 0.6) is 0 Å². The molecule has 1 atom stereocenters. The van der Waals surface area contributed by atoms with E-state index < -0.39 is 11.5 Å². The normalized spacial score (nSPS) is 16.3. The summed E-state index contributed by atoms with van der Waals surface area (Å²) in [5.74, 6) is -0.972. The van der Waals surface area contributed by atoms with Crippen molar-refractivity contribution in [2.75, 3.05) is 0 Å². The van der Waals surface area contributed by atoms with Crippen molar-refractivity contribution in [3.8, 4) is 0 Å². The Morgan fingerprint density at radius 1 is 1.47 bits per heavy atom. The molecule has 0 radical (unpaired) electrons. The molecular formula is C11H16N4O3S. The quantitative estimate of drug-likeness (QED) is 0.889. The molecule has 0 saturated heterocycles. The zero-order chi connectivity index (χ0) is 14.4. The highest BCUT2D eigenvalue weighted by Crippen LogP contribution is 2.21. The lowest BCUT2D eigenvalue weighted by atomic mass is 10.2. The molecule has 0 saturated carbocycles. The molecule has 0 aromatic carbocycles. The van der Waals surface area contributed by atoms with Crippen LogP contribution in [-0.2, 0) is 11.2 Å². The molecule has 104 valence electrons. The monoisotopic (exact) mass is 284 g/mol. The van der Waals surface area contributed by atoms with Gasteiger partial charge in [0.2, 0.25) is 5.16 Å². The van der Waals surface area contributed by atoms with E-state index in [2.05, 4.69) is 15.3 Å². The SMILES string of the molecule is CC.CC1C=Nn2c(nnc(CCC(=O)O)c2=O)S1. The first-order valence-electron chi connectivity index (χ1n) is 5.99. The zero-order valence-electron chi connectivity index (χ0n) is 11.0. The number of aliphatic carboxylic acids is 1. The second-order valence-corrected chi connectivity index (χ2v) is 4.87. The maximum Gasteiger partial charge on any atom is 0.303 e. The number of hydrogen-bond donors (Lipinski definition) is 1. The molecule has 1 aromatic heterocycles. The third-order valence-corrected chi connectivity index (χ3v) is 3.09. The average molecular weight is 284 g/mol. The van der Waals surface area contributed by atoms with Gasteiger partial charge in [0.15, 0.2) is 0 Å². The van der Waals surface area contributed by atoms with Gasteiger partial charge in [0.1, 0.15) is 5.69 Å². The van der Waals surface area contributed by atoms with E-state index in [1.165, 1.54) is 11.8 Å². The maximum atomic E-state index is 11.9. The van der Waals surface area contributed by atoms with Crippen LogP contribution >= 0.6 is 11.8 Å². The molecule has 1 aliphatic heterocycles. The number of thioether (sulfide) groups is 1. The zero-order valence-corrected chi connectivity index (χ0v) is 11.8. The standard InChI is InChI=1S/C9H10N4O3S.C2H6/c1-5-4-10-13-8(16)6(2-3-7(14)15)11-12-9(13)17-5;1-2/h4-5H,2-3H2,1H3,(H,14,15);1-2H3. The summed E-state index contributed by atoms with van der Waals surface area (Å²) in [7, 11) is 0. The van der Waals surface area contributed by atoms with E-state index in [1.54, 1.807) is 6.21 Å². The molecule has 0 spiro atoms. The second-order valence-electron chi connectivity index (χ2n) is 3.53. The van der Waals surface area contributed by atoms with Crippen LogP contribution in [-0.4, -0.2) is 37.4 Å². The number of aromatic nitrogens is 3. The molecule has 0 fully saturated rings. The van der Waals surface area contributed by atoms with Crippen molar-refractivity contribution in [3.63, 3.8) is 0 Å². The number of hydrogen-bond acceptors (Lipinski definition) is 6. The van der Waals surface area contributed by atoms with Crippen molar-refractivity contribution in [2.24, 2.45) is 5.10 Å². The average Bonchev–Trinajstić information content (AvgIpc) is 2.40. The van der Waals surface area contributed by atoms with Gasteiger partial charge in [-0.25, -0.2) is 0 Å². The molecule has 0 aliphatic carbocycles. The van der Waals surface area contributed by atoms with Crippen LogP contribution < -0.4 is 5.56 Å². The van der Waals surface area contributed by atoms with E-state index >= 15 is 0 Å². The minimum Gasteiger partial charge on any atom is -0.481 e. The van der Waals surface area contributed by atoms with E-state index in [9.17, 15) is 9.59 Å². The smallest absolute Gasteiger partial charge is 0.303 e. The summed E-state index contributed by atoms with van der Waals surface area (Å²) >= 11 is 1.38. The van der Waals surface area contributed by atoms with Crippen molar-refractivity contribution in [1.29, 1.82) is 0 Å². The van der Waals surface area contributed by atoms with E-state index in [4.69, 9.17) is 5.11 Å². The first-order valence-corrected chi connectivity index (χ1v) is 6.87. The van der Waals surface area contributed by atoms with Crippen LogP contribution in [0.1, 0.15) is 32.9 Å². The van der Waals surface area contributed by atoms with Gasteiger partial charge in [0, 0.05) is 17.9 Å². The third-order valence-electron chi connectivity index (χ3n) is 2.14. The van der Waals surface area contributed by atoms with Crippen molar-refractivity contribution in [1.82, 2.24) is 14.9 Å². The van der Waals surface area contributed by atoms with Crippen LogP contribution in [0.15, 0.2) is 15.1 Å². The van der Waals surface area contributed by atoms with E-state index in [1.807, 2.05) is 20.8 Å². The number of carboxylic acid groups (broad SMARTS) is 1. The van der Waals surface area contributed by atoms with Crippen LogP contribution in [0, 0.1) is 0 Å². The summed E-state index contributed by atoms with van der Waals surface area (Å²) in [6.07, 6.45) is 1.56. The maximum absolute atomic E-state index is 11.9. The molecule has 1 unspecified atom stereocenters. The van der Waals surface area contributed by atoms with Crippen molar-refractivity contribution in [3.05, 3.63) is 16.0 Å². The summed E-state index contributed by atoms with van der Waals surface area (Å²) < 4.78 is 1.16. The summed E-state index contributed by atoms with van der Waals surface area (Å²) in [4.78, 5) is 22.3. The number of rotatable bonds is 3. The fourth-order valence-electron chi connectivity index (χ4n) is 1.31. The van der Waals surface area contributed by atoms with Crippen LogP contribution in [0.3, 0.4) is 0 Å². The van der Waals surface area contributed by atoms with Gasteiger partial charge in [0.25, 0.3) is 5.56 Å². The van der Waals surface area contributed by atoms with Crippen LogP contribution in [0.25, 0.3) is 0 Å². The van der Waals surface area contributed by atoms with Gasteiger partial charge in [-0.2, -0.15) is 9.78 Å². The van der Waals surface area contributed by atoms with Gasteiger partial charge < -0.3 is 5.11 Å². The lowest BCUT2D eigenvalue weighted by Gasteiger charge is -2.13. The molecule has 2 rings (SSSR count). The Morgan fingerprint density at radius 2 is 2.16 bits per heavy atom. The Bertz CT molecular complexity index is 541. The minimum absolute atomic E-state index is 0.0667. The summed E-state index contributed by atoms with van der Waals surface area (Å²) in [5.41, 5.74) is -0.268. The second kappa shape index (κ2) is 7.03. The number of carbonyl (C=O) groups is 1. The molecule has 0 bridgehead atoms.